The average molecular weight is 247 g/mol. The van der Waals surface area contributed by atoms with Crippen LogP contribution in [-0.2, 0) is 0 Å². The van der Waals surface area contributed by atoms with Crippen LogP contribution >= 0.6 is 0 Å². The molecule has 0 spiro atoms. The molecule has 0 heterocycles. The van der Waals surface area contributed by atoms with E-state index in [0.717, 1.165) is 0 Å². The van der Waals surface area contributed by atoms with Crippen molar-refractivity contribution in [2.45, 2.75) is 19.2 Å². The monoisotopic (exact) mass is 247 g/mol. The maximum absolute atomic E-state index is 12.4. The second-order valence-electron chi connectivity index (χ2n) is 3.48. The predicted molar refractivity (Wildman–Crippen MR) is 58.0 cm³/mol. The van der Waals surface area contributed by atoms with Crippen molar-refractivity contribution in [2.75, 3.05) is 7.11 Å². The lowest BCUT2D eigenvalue weighted by Gasteiger charge is -2.18. The molecule has 0 saturated heterocycles. The van der Waals surface area contributed by atoms with Crippen LogP contribution in [0, 0.1) is 6.92 Å². The van der Waals surface area contributed by atoms with E-state index in [1.54, 1.807) is 6.92 Å². The molecule has 0 fully saturated rings. The van der Waals surface area contributed by atoms with Crippen LogP contribution in [0.1, 0.15) is 17.2 Å². The van der Waals surface area contributed by atoms with Gasteiger partial charge in [0.1, 0.15) is 5.75 Å². The standard InChI is InChI=1S/C11H12F3NO2/c1-6-4-7(10(16)11(12,13)14)9(17-3)5-8(6)15-2/h4-5,10,16H,2H2,1,3H3. The Morgan fingerprint density at radius 2 is 2.00 bits per heavy atom. The minimum Gasteiger partial charge on any atom is -0.496 e. The van der Waals surface area contributed by atoms with E-state index in [0.29, 0.717) is 11.3 Å². The Morgan fingerprint density at radius 3 is 2.41 bits per heavy atom. The summed E-state index contributed by atoms with van der Waals surface area (Å²) in [6.07, 6.45) is -7.31. The molecule has 0 aliphatic rings. The number of aliphatic imine (C=N–C) groups is 1. The first-order valence-corrected chi connectivity index (χ1v) is 4.71. The molecule has 1 N–H and O–H groups in total. The number of aliphatic hydroxyl groups excluding tert-OH is 1. The fourth-order valence-electron chi connectivity index (χ4n) is 1.44. The molecule has 94 valence electrons. The lowest BCUT2D eigenvalue weighted by Crippen LogP contribution is -2.20. The summed E-state index contributed by atoms with van der Waals surface area (Å²) in [5, 5.41) is 9.21. The van der Waals surface area contributed by atoms with Gasteiger partial charge in [0.25, 0.3) is 0 Å². The van der Waals surface area contributed by atoms with Crippen molar-refractivity contribution in [3.63, 3.8) is 0 Å². The molecule has 6 heteroatoms. The number of aliphatic hydroxyl groups is 1. The Labute approximate surface area is 96.6 Å². The van der Waals surface area contributed by atoms with Gasteiger partial charge in [-0.3, -0.25) is 4.99 Å². The molecular formula is C11H12F3NO2. The van der Waals surface area contributed by atoms with Crippen LogP contribution in [0.4, 0.5) is 18.9 Å². The number of hydrogen-bond donors (Lipinski definition) is 1. The summed E-state index contributed by atoms with van der Waals surface area (Å²) in [6.45, 7) is 4.88. The summed E-state index contributed by atoms with van der Waals surface area (Å²) in [5.74, 6) is -0.0668. The predicted octanol–water partition coefficient (Wildman–Crippen LogP) is 2.93. The molecule has 1 aromatic rings. The minimum absolute atomic E-state index is 0.0668. The summed E-state index contributed by atoms with van der Waals surface area (Å²) in [6, 6.07) is 2.51. The van der Waals surface area contributed by atoms with Crippen LogP contribution < -0.4 is 4.74 Å². The Kier molecular flexibility index (Phi) is 3.77. The Balaban J connectivity index is 3.33. The van der Waals surface area contributed by atoms with Crippen LogP contribution in [0.3, 0.4) is 0 Å². The number of nitrogens with zero attached hydrogens (tertiary/aromatic N) is 1. The second kappa shape index (κ2) is 4.75. The maximum Gasteiger partial charge on any atom is 0.418 e. The van der Waals surface area contributed by atoms with Gasteiger partial charge in [-0.05, 0) is 25.3 Å². The summed E-state index contributed by atoms with van der Waals surface area (Å²) >= 11 is 0. The van der Waals surface area contributed by atoms with E-state index in [9.17, 15) is 18.3 Å². The highest BCUT2D eigenvalue weighted by Crippen LogP contribution is 2.39. The van der Waals surface area contributed by atoms with Gasteiger partial charge in [-0.15, -0.1) is 0 Å². The Morgan fingerprint density at radius 1 is 1.41 bits per heavy atom. The third-order valence-corrected chi connectivity index (χ3v) is 2.32. The first-order chi connectivity index (χ1) is 7.81. The number of benzene rings is 1. The van der Waals surface area contributed by atoms with Crippen LogP contribution in [-0.4, -0.2) is 25.1 Å². The minimum atomic E-state index is -4.73. The van der Waals surface area contributed by atoms with Crippen LogP contribution in [0.2, 0.25) is 0 Å². The third kappa shape index (κ3) is 2.76. The van der Waals surface area contributed by atoms with E-state index in [2.05, 4.69) is 11.7 Å². The van der Waals surface area contributed by atoms with E-state index >= 15 is 0 Å². The van der Waals surface area contributed by atoms with E-state index in [1.807, 2.05) is 0 Å². The van der Waals surface area contributed by atoms with Gasteiger partial charge in [-0.1, -0.05) is 0 Å². The van der Waals surface area contributed by atoms with Crippen LogP contribution in [0.5, 0.6) is 5.75 Å². The molecule has 0 aliphatic carbocycles. The summed E-state index contributed by atoms with van der Waals surface area (Å²) < 4.78 is 42.1. The SMILES string of the molecule is C=Nc1cc(OC)c(C(O)C(F)(F)F)cc1C. The molecule has 0 aliphatic heterocycles. The van der Waals surface area contributed by atoms with E-state index in [1.165, 1.54) is 19.2 Å². The van der Waals surface area contributed by atoms with Crippen molar-refractivity contribution in [1.82, 2.24) is 0 Å². The van der Waals surface area contributed by atoms with Crippen LogP contribution in [0.25, 0.3) is 0 Å². The summed E-state index contributed by atoms with van der Waals surface area (Å²) in [4.78, 5) is 3.65. The largest absolute Gasteiger partial charge is 0.496 e. The van der Waals surface area contributed by atoms with Gasteiger partial charge >= 0.3 is 6.18 Å². The first-order valence-electron chi connectivity index (χ1n) is 4.71. The van der Waals surface area contributed by atoms with Crippen molar-refractivity contribution in [3.8, 4) is 5.75 Å². The molecule has 0 radical (unpaired) electrons. The number of aryl methyl sites for hydroxylation is 1. The smallest absolute Gasteiger partial charge is 0.418 e. The van der Waals surface area contributed by atoms with E-state index in [4.69, 9.17) is 4.74 Å². The number of methoxy groups -OCH3 is 1. The van der Waals surface area contributed by atoms with Crippen molar-refractivity contribution in [1.29, 1.82) is 0 Å². The zero-order chi connectivity index (χ0) is 13.2. The van der Waals surface area contributed by atoms with Crippen LogP contribution in [0.15, 0.2) is 17.1 Å². The number of hydrogen-bond acceptors (Lipinski definition) is 3. The lowest BCUT2D eigenvalue weighted by atomic mass is 10.0. The third-order valence-electron chi connectivity index (χ3n) is 2.32. The maximum atomic E-state index is 12.4. The highest BCUT2D eigenvalue weighted by atomic mass is 19.4. The summed E-state index contributed by atoms with van der Waals surface area (Å²) in [5.41, 5.74) is 0.573. The molecule has 0 amide bonds. The number of rotatable bonds is 3. The Hall–Kier alpha value is -1.56. The van der Waals surface area contributed by atoms with Gasteiger partial charge in [0.15, 0.2) is 6.10 Å². The molecule has 1 atom stereocenters. The summed E-state index contributed by atoms with van der Waals surface area (Å²) in [7, 11) is 1.23. The van der Waals surface area contributed by atoms with Crippen molar-refractivity contribution in [3.05, 3.63) is 23.3 Å². The highest BCUT2D eigenvalue weighted by molar-refractivity contribution is 5.57. The Bertz CT molecular complexity index is 429. The first kappa shape index (κ1) is 13.5. The van der Waals surface area contributed by atoms with Gasteiger partial charge in [0.2, 0.25) is 0 Å². The van der Waals surface area contributed by atoms with E-state index < -0.39 is 12.3 Å². The number of halogens is 3. The molecule has 1 aromatic carbocycles. The topological polar surface area (TPSA) is 41.8 Å². The zero-order valence-corrected chi connectivity index (χ0v) is 9.38. The lowest BCUT2D eigenvalue weighted by molar-refractivity contribution is -0.207. The molecule has 1 unspecified atom stereocenters. The van der Waals surface area contributed by atoms with Gasteiger partial charge in [-0.25, -0.2) is 0 Å². The van der Waals surface area contributed by atoms with Crippen molar-refractivity contribution >= 4 is 12.4 Å². The second-order valence-corrected chi connectivity index (χ2v) is 3.48. The van der Waals surface area contributed by atoms with Gasteiger partial charge < -0.3 is 9.84 Å². The zero-order valence-electron chi connectivity index (χ0n) is 9.38. The normalized spacial score (nSPS) is 13.3. The quantitative estimate of drug-likeness (QED) is 0.834. The molecule has 0 bridgehead atoms. The molecule has 3 nitrogen and oxygen atoms in total. The van der Waals surface area contributed by atoms with Gasteiger partial charge in [0.05, 0.1) is 12.8 Å². The number of ether oxygens (including phenoxy) is 1. The van der Waals surface area contributed by atoms with Gasteiger partial charge in [-0.2, -0.15) is 13.2 Å². The fourth-order valence-corrected chi connectivity index (χ4v) is 1.44. The average Bonchev–Trinajstić information content (AvgIpc) is 2.26. The van der Waals surface area contributed by atoms with Gasteiger partial charge in [0, 0.05) is 11.6 Å². The molecule has 1 rings (SSSR count). The van der Waals surface area contributed by atoms with E-state index in [-0.39, 0.29) is 11.3 Å². The fraction of sp³-hybridized carbons (Fsp3) is 0.364. The number of alkyl halides is 3. The van der Waals surface area contributed by atoms with Crippen molar-refractivity contribution < 1.29 is 23.0 Å². The molecule has 0 saturated carbocycles. The molecule has 0 aromatic heterocycles. The van der Waals surface area contributed by atoms with Crippen molar-refractivity contribution in [2.24, 2.45) is 4.99 Å². The highest BCUT2D eigenvalue weighted by Gasteiger charge is 2.41. The molecular weight excluding hydrogens is 235 g/mol. The molecule has 17 heavy (non-hydrogen) atoms.